The molecular formula is C21H22F4N2O3. The number of ether oxygens (including phenoxy) is 2. The number of piperazine rings is 1. The van der Waals surface area contributed by atoms with Gasteiger partial charge in [-0.3, -0.25) is 0 Å². The topological polar surface area (TPSA) is 50.8 Å². The normalized spacial score (nSPS) is 18.9. The van der Waals surface area contributed by atoms with E-state index in [-0.39, 0.29) is 24.4 Å². The van der Waals surface area contributed by atoms with Crippen LogP contribution in [0.4, 0.5) is 22.4 Å². The van der Waals surface area contributed by atoms with Crippen LogP contribution in [-0.2, 0) is 18.0 Å². The standard InChI is InChI=1S/C21H22F4N2O3/c1-12-8-26-9-13(2)27(12)21(28)30-11-16-18(23)6-15(7-19(16)24)29-10-14-3-4-17(22)20(25)5-14/h3-7,12-13,26H,8-11H2,1-2H3/t12-,13+. The number of carbonyl (C=O) groups excluding carboxylic acids is 1. The number of benzene rings is 2. The third-order valence-corrected chi connectivity index (χ3v) is 4.88. The van der Waals surface area contributed by atoms with E-state index in [0.29, 0.717) is 18.7 Å². The van der Waals surface area contributed by atoms with Gasteiger partial charge in [0.15, 0.2) is 11.6 Å². The molecule has 30 heavy (non-hydrogen) atoms. The van der Waals surface area contributed by atoms with Gasteiger partial charge >= 0.3 is 6.09 Å². The minimum Gasteiger partial charge on any atom is -0.489 e. The van der Waals surface area contributed by atoms with E-state index in [1.807, 2.05) is 13.8 Å². The lowest BCUT2D eigenvalue weighted by Crippen LogP contribution is -2.57. The molecule has 1 heterocycles. The molecule has 0 radical (unpaired) electrons. The lowest BCUT2D eigenvalue weighted by Gasteiger charge is -2.38. The van der Waals surface area contributed by atoms with Crippen LogP contribution in [0.1, 0.15) is 25.0 Å². The molecule has 5 nitrogen and oxygen atoms in total. The van der Waals surface area contributed by atoms with Crippen LogP contribution in [0, 0.1) is 23.3 Å². The highest BCUT2D eigenvalue weighted by Crippen LogP contribution is 2.23. The maximum absolute atomic E-state index is 14.4. The van der Waals surface area contributed by atoms with Gasteiger partial charge in [-0.25, -0.2) is 22.4 Å². The highest BCUT2D eigenvalue weighted by atomic mass is 19.2. The summed E-state index contributed by atoms with van der Waals surface area (Å²) in [5.74, 6) is -4.05. The zero-order chi connectivity index (χ0) is 21.8. The summed E-state index contributed by atoms with van der Waals surface area (Å²) in [7, 11) is 0. The van der Waals surface area contributed by atoms with E-state index in [0.717, 1.165) is 24.3 Å². The number of halogens is 4. The van der Waals surface area contributed by atoms with Gasteiger partial charge < -0.3 is 19.7 Å². The van der Waals surface area contributed by atoms with Crippen molar-refractivity contribution in [3.63, 3.8) is 0 Å². The van der Waals surface area contributed by atoms with E-state index in [2.05, 4.69) is 5.32 Å². The SMILES string of the molecule is C[C@@H]1CNC[C@H](C)N1C(=O)OCc1c(F)cc(OCc2ccc(F)c(F)c2)cc1F. The van der Waals surface area contributed by atoms with Gasteiger partial charge in [-0.05, 0) is 31.5 Å². The molecule has 0 aliphatic carbocycles. The maximum Gasteiger partial charge on any atom is 0.410 e. The van der Waals surface area contributed by atoms with E-state index in [1.54, 1.807) is 0 Å². The molecule has 1 fully saturated rings. The lowest BCUT2D eigenvalue weighted by atomic mass is 10.1. The smallest absolute Gasteiger partial charge is 0.410 e. The quantitative estimate of drug-likeness (QED) is 0.731. The first kappa shape index (κ1) is 21.9. The molecule has 3 rings (SSSR count). The average Bonchev–Trinajstić information content (AvgIpc) is 2.68. The van der Waals surface area contributed by atoms with Gasteiger partial charge in [0.1, 0.15) is 30.6 Å². The molecular weight excluding hydrogens is 404 g/mol. The molecule has 0 spiro atoms. The maximum atomic E-state index is 14.4. The van der Waals surface area contributed by atoms with Crippen LogP contribution in [0.5, 0.6) is 5.75 Å². The number of hydrogen-bond donors (Lipinski definition) is 1. The van der Waals surface area contributed by atoms with Crippen molar-refractivity contribution < 1.29 is 31.8 Å². The number of hydrogen-bond acceptors (Lipinski definition) is 4. The second kappa shape index (κ2) is 9.34. The Balaban J connectivity index is 1.62. The second-order valence-electron chi connectivity index (χ2n) is 7.22. The van der Waals surface area contributed by atoms with Crippen molar-refractivity contribution in [2.45, 2.75) is 39.1 Å². The predicted octanol–water partition coefficient (Wildman–Crippen LogP) is 4.14. The van der Waals surface area contributed by atoms with Crippen molar-refractivity contribution in [3.8, 4) is 5.75 Å². The molecule has 9 heteroatoms. The number of carbonyl (C=O) groups is 1. The van der Waals surface area contributed by atoms with Gasteiger partial charge in [0.05, 0.1) is 5.56 Å². The number of nitrogens with one attached hydrogen (secondary N) is 1. The fraction of sp³-hybridized carbons (Fsp3) is 0.381. The van der Waals surface area contributed by atoms with Crippen molar-refractivity contribution >= 4 is 6.09 Å². The van der Waals surface area contributed by atoms with Crippen molar-refractivity contribution in [2.75, 3.05) is 13.1 Å². The first-order valence-corrected chi connectivity index (χ1v) is 9.46. The third-order valence-electron chi connectivity index (χ3n) is 4.88. The summed E-state index contributed by atoms with van der Waals surface area (Å²) in [6, 6.07) is 4.85. The molecule has 162 valence electrons. The predicted molar refractivity (Wildman–Crippen MR) is 101 cm³/mol. The molecule has 1 aliphatic heterocycles. The summed E-state index contributed by atoms with van der Waals surface area (Å²) < 4.78 is 65.3. The third kappa shape index (κ3) is 5.02. The van der Waals surface area contributed by atoms with E-state index < -0.39 is 41.5 Å². The van der Waals surface area contributed by atoms with Crippen LogP contribution in [-0.4, -0.2) is 36.2 Å². The Kier molecular flexibility index (Phi) is 6.81. The molecule has 2 aromatic carbocycles. The summed E-state index contributed by atoms with van der Waals surface area (Å²) in [6.07, 6.45) is -0.644. The van der Waals surface area contributed by atoms with Crippen molar-refractivity contribution in [2.24, 2.45) is 0 Å². The van der Waals surface area contributed by atoms with E-state index >= 15 is 0 Å². The number of amides is 1. The van der Waals surface area contributed by atoms with E-state index in [4.69, 9.17) is 9.47 Å². The summed E-state index contributed by atoms with van der Waals surface area (Å²) in [4.78, 5) is 13.9. The second-order valence-corrected chi connectivity index (χ2v) is 7.22. The molecule has 1 N–H and O–H groups in total. The molecule has 2 atom stereocenters. The summed E-state index contributed by atoms with van der Waals surface area (Å²) in [5, 5.41) is 3.17. The Morgan fingerprint density at radius 1 is 0.967 bits per heavy atom. The fourth-order valence-corrected chi connectivity index (χ4v) is 3.30. The van der Waals surface area contributed by atoms with Gasteiger partial charge in [0.2, 0.25) is 0 Å². The Bertz CT molecular complexity index is 892. The van der Waals surface area contributed by atoms with Gasteiger partial charge in [-0.15, -0.1) is 0 Å². The van der Waals surface area contributed by atoms with E-state index in [1.165, 1.54) is 11.0 Å². The molecule has 1 aliphatic rings. The minimum absolute atomic E-state index is 0.108. The fourth-order valence-electron chi connectivity index (χ4n) is 3.30. The molecule has 1 saturated heterocycles. The molecule has 0 bridgehead atoms. The Hall–Kier alpha value is -2.81. The van der Waals surface area contributed by atoms with Crippen LogP contribution >= 0.6 is 0 Å². The monoisotopic (exact) mass is 426 g/mol. The van der Waals surface area contributed by atoms with E-state index in [9.17, 15) is 22.4 Å². The van der Waals surface area contributed by atoms with Gasteiger partial charge in [0, 0.05) is 37.3 Å². The number of nitrogens with zero attached hydrogens (tertiary/aromatic N) is 1. The summed E-state index contributed by atoms with van der Waals surface area (Å²) >= 11 is 0. The zero-order valence-corrected chi connectivity index (χ0v) is 16.6. The first-order chi connectivity index (χ1) is 14.3. The molecule has 1 amide bonds. The lowest BCUT2D eigenvalue weighted by molar-refractivity contribution is 0.0551. The van der Waals surface area contributed by atoms with Crippen LogP contribution in [0.25, 0.3) is 0 Å². The molecule has 0 aromatic heterocycles. The van der Waals surface area contributed by atoms with Gasteiger partial charge in [-0.1, -0.05) is 6.07 Å². The molecule has 0 saturated carbocycles. The Morgan fingerprint density at radius 2 is 1.60 bits per heavy atom. The van der Waals surface area contributed by atoms with Crippen LogP contribution in [0.15, 0.2) is 30.3 Å². The van der Waals surface area contributed by atoms with Crippen molar-refractivity contribution in [3.05, 3.63) is 64.7 Å². The van der Waals surface area contributed by atoms with Gasteiger partial charge in [0.25, 0.3) is 0 Å². The van der Waals surface area contributed by atoms with Gasteiger partial charge in [-0.2, -0.15) is 0 Å². The summed E-state index contributed by atoms with van der Waals surface area (Å²) in [6.45, 7) is 4.14. The summed E-state index contributed by atoms with van der Waals surface area (Å²) in [5.41, 5.74) is -0.106. The largest absolute Gasteiger partial charge is 0.489 e. The highest BCUT2D eigenvalue weighted by Gasteiger charge is 2.30. The Labute approximate surface area is 171 Å². The number of rotatable bonds is 5. The molecule has 0 unspecified atom stereocenters. The van der Waals surface area contributed by atoms with Crippen LogP contribution < -0.4 is 10.1 Å². The average molecular weight is 426 g/mol. The first-order valence-electron chi connectivity index (χ1n) is 9.46. The van der Waals surface area contributed by atoms with Crippen LogP contribution in [0.2, 0.25) is 0 Å². The van der Waals surface area contributed by atoms with Crippen molar-refractivity contribution in [1.29, 1.82) is 0 Å². The van der Waals surface area contributed by atoms with Crippen molar-refractivity contribution in [1.82, 2.24) is 10.2 Å². The highest BCUT2D eigenvalue weighted by molar-refractivity contribution is 5.68. The molecule has 2 aromatic rings. The van der Waals surface area contributed by atoms with Crippen LogP contribution in [0.3, 0.4) is 0 Å². The minimum atomic E-state index is -1.04. The Morgan fingerprint density at radius 3 is 2.20 bits per heavy atom. The zero-order valence-electron chi connectivity index (χ0n) is 16.6.